The van der Waals surface area contributed by atoms with Gasteiger partial charge in [-0.1, -0.05) is 27.7 Å². The molecule has 0 radical (unpaired) electrons. The van der Waals surface area contributed by atoms with Crippen molar-refractivity contribution in [2.24, 2.45) is 16.6 Å². The molecule has 7 heteroatoms. The van der Waals surface area contributed by atoms with Crippen molar-refractivity contribution in [3.8, 4) is 0 Å². The summed E-state index contributed by atoms with van der Waals surface area (Å²) < 4.78 is 14.6. The van der Waals surface area contributed by atoms with Gasteiger partial charge in [0.2, 0.25) is 5.91 Å². The van der Waals surface area contributed by atoms with Gasteiger partial charge < -0.3 is 11.1 Å². The van der Waals surface area contributed by atoms with Crippen molar-refractivity contribution in [3.63, 3.8) is 0 Å². The number of benzene rings is 1. The second-order valence-electron chi connectivity index (χ2n) is 6.72. The van der Waals surface area contributed by atoms with Gasteiger partial charge in [-0.25, -0.2) is 4.39 Å². The molecule has 0 spiro atoms. The zero-order chi connectivity index (χ0) is 16.4. The van der Waals surface area contributed by atoms with E-state index >= 15 is 0 Å². The van der Waals surface area contributed by atoms with Gasteiger partial charge in [0.25, 0.3) is 0 Å². The Kier molecular flexibility index (Phi) is 3.33. The number of nitrogens with two attached hydrogens (primary N) is 1. The van der Waals surface area contributed by atoms with Crippen molar-refractivity contribution in [2.75, 3.05) is 0 Å². The number of hydrogen-bond donors (Lipinski definition) is 2. The summed E-state index contributed by atoms with van der Waals surface area (Å²) in [6.45, 7) is 1.88. The van der Waals surface area contributed by atoms with Crippen LogP contribution in [-0.4, -0.2) is 21.9 Å². The average molecular weight is 398 g/mol. The minimum absolute atomic E-state index is 0.0227. The van der Waals surface area contributed by atoms with E-state index in [9.17, 15) is 9.18 Å². The van der Waals surface area contributed by atoms with Gasteiger partial charge in [0, 0.05) is 22.0 Å². The van der Waals surface area contributed by atoms with Crippen molar-refractivity contribution in [1.29, 1.82) is 0 Å². The highest BCUT2D eigenvalue weighted by molar-refractivity contribution is 9.10. The molecule has 0 saturated heterocycles. The second kappa shape index (κ2) is 4.96. The van der Waals surface area contributed by atoms with Crippen LogP contribution in [0.3, 0.4) is 0 Å². The van der Waals surface area contributed by atoms with Gasteiger partial charge in [0.15, 0.2) is 5.17 Å². The molecule has 4 nitrogen and oxygen atoms in total. The second-order valence-corrected chi connectivity index (χ2v) is 8.98. The standard InChI is InChI=1S/C16H17BrFN3OS/c1-15(10-6-8(17)2-5-11(10)18)12-7-16(12,23-14(19)21-15)13(22)20-9-3-4-9/h2,5-6,9,12H,3-4,7H2,1H3,(H2,19,21)(H,20,22)/t12?,15-,16+/m1/s1. The van der Waals surface area contributed by atoms with Crippen LogP contribution in [0.1, 0.15) is 31.7 Å². The van der Waals surface area contributed by atoms with Gasteiger partial charge in [-0.05, 0) is 44.4 Å². The normalized spacial score (nSPS) is 35.3. The van der Waals surface area contributed by atoms with Gasteiger partial charge in [0.1, 0.15) is 10.6 Å². The minimum Gasteiger partial charge on any atom is -0.378 e. The zero-order valence-electron chi connectivity index (χ0n) is 12.6. The van der Waals surface area contributed by atoms with Crippen LogP contribution in [0.5, 0.6) is 0 Å². The molecule has 122 valence electrons. The summed E-state index contributed by atoms with van der Waals surface area (Å²) in [5.41, 5.74) is 5.69. The molecule has 1 aromatic rings. The quantitative estimate of drug-likeness (QED) is 0.823. The first-order valence-corrected chi connectivity index (χ1v) is 9.27. The Hall–Kier alpha value is -1.08. The number of thioether (sulfide) groups is 1. The first-order chi connectivity index (χ1) is 10.8. The van der Waals surface area contributed by atoms with E-state index in [4.69, 9.17) is 5.73 Å². The molecule has 0 bridgehead atoms. The highest BCUT2D eigenvalue weighted by Gasteiger charge is 2.70. The van der Waals surface area contributed by atoms with Crippen LogP contribution in [0.25, 0.3) is 0 Å². The SMILES string of the molecule is C[C@]1(c2cc(Br)ccc2F)N=C(N)S[C@@]2(C(=O)NC3CC3)CC21. The van der Waals surface area contributed by atoms with Gasteiger partial charge >= 0.3 is 0 Å². The van der Waals surface area contributed by atoms with Gasteiger partial charge in [-0.3, -0.25) is 9.79 Å². The van der Waals surface area contributed by atoms with E-state index in [0.29, 0.717) is 23.2 Å². The molecule has 3 N–H and O–H groups in total. The third-order valence-electron chi connectivity index (χ3n) is 4.99. The van der Waals surface area contributed by atoms with Crippen molar-refractivity contribution in [1.82, 2.24) is 5.32 Å². The van der Waals surface area contributed by atoms with Crippen LogP contribution in [-0.2, 0) is 10.3 Å². The summed E-state index contributed by atoms with van der Waals surface area (Å²) in [7, 11) is 0. The molecule has 1 aliphatic heterocycles. The highest BCUT2D eigenvalue weighted by atomic mass is 79.9. The number of aliphatic imine (C=N–C) groups is 1. The zero-order valence-corrected chi connectivity index (χ0v) is 15.0. The summed E-state index contributed by atoms with van der Waals surface area (Å²) in [5.74, 6) is -0.341. The number of hydrogen-bond acceptors (Lipinski definition) is 4. The van der Waals surface area contributed by atoms with Gasteiger partial charge in [-0.2, -0.15) is 0 Å². The maximum Gasteiger partial charge on any atom is 0.237 e. The maximum absolute atomic E-state index is 14.4. The Morgan fingerprint density at radius 1 is 1.52 bits per heavy atom. The molecule has 2 saturated carbocycles. The Morgan fingerprint density at radius 3 is 2.96 bits per heavy atom. The Morgan fingerprint density at radius 2 is 2.26 bits per heavy atom. The molecule has 1 unspecified atom stereocenters. The molecule has 2 aliphatic carbocycles. The number of amides is 1. The number of carbonyl (C=O) groups is 1. The fraction of sp³-hybridized carbons (Fsp3) is 0.500. The van der Waals surface area contributed by atoms with E-state index in [-0.39, 0.29) is 17.6 Å². The number of halogens is 2. The monoisotopic (exact) mass is 397 g/mol. The molecule has 1 aromatic carbocycles. The number of fused-ring (bicyclic) bond motifs is 1. The molecule has 1 heterocycles. The largest absolute Gasteiger partial charge is 0.378 e. The molecule has 2 fully saturated rings. The van der Waals surface area contributed by atoms with Crippen LogP contribution in [0.15, 0.2) is 27.7 Å². The predicted molar refractivity (Wildman–Crippen MR) is 92.7 cm³/mol. The lowest BCUT2D eigenvalue weighted by atomic mass is 9.85. The first kappa shape index (κ1) is 15.4. The number of nitrogens with one attached hydrogen (secondary N) is 1. The fourth-order valence-corrected chi connectivity index (χ4v) is 5.23. The molecule has 0 aromatic heterocycles. The van der Waals surface area contributed by atoms with Crippen LogP contribution in [0.4, 0.5) is 4.39 Å². The van der Waals surface area contributed by atoms with Crippen LogP contribution in [0.2, 0.25) is 0 Å². The number of rotatable bonds is 3. The maximum atomic E-state index is 14.4. The van der Waals surface area contributed by atoms with Gasteiger partial charge in [0.05, 0.1) is 5.54 Å². The van der Waals surface area contributed by atoms with E-state index < -0.39 is 10.3 Å². The molecular formula is C16H17BrFN3OS. The summed E-state index contributed by atoms with van der Waals surface area (Å²) in [6.07, 6.45) is 2.75. The van der Waals surface area contributed by atoms with Crippen LogP contribution in [0, 0.1) is 11.7 Å². The summed E-state index contributed by atoms with van der Waals surface area (Å²) >= 11 is 4.72. The van der Waals surface area contributed by atoms with Crippen molar-refractivity contribution in [3.05, 3.63) is 34.1 Å². The third-order valence-corrected chi connectivity index (χ3v) is 6.78. The molecule has 4 rings (SSSR count). The number of amidine groups is 1. The van der Waals surface area contributed by atoms with E-state index in [2.05, 4.69) is 26.2 Å². The minimum atomic E-state index is -0.815. The smallest absolute Gasteiger partial charge is 0.237 e. The van der Waals surface area contributed by atoms with Crippen molar-refractivity contribution in [2.45, 2.75) is 42.5 Å². The molecule has 3 aliphatic rings. The Balaban J connectivity index is 1.73. The Bertz CT molecular complexity index is 738. The lowest BCUT2D eigenvalue weighted by Crippen LogP contribution is -2.44. The van der Waals surface area contributed by atoms with Gasteiger partial charge in [-0.15, -0.1) is 0 Å². The van der Waals surface area contributed by atoms with Crippen molar-refractivity contribution < 1.29 is 9.18 Å². The Labute approximate surface area is 146 Å². The fourth-order valence-electron chi connectivity index (χ4n) is 3.49. The molecule has 23 heavy (non-hydrogen) atoms. The lowest BCUT2D eigenvalue weighted by molar-refractivity contribution is -0.121. The van der Waals surface area contributed by atoms with E-state index in [0.717, 1.165) is 17.3 Å². The topological polar surface area (TPSA) is 67.5 Å². The summed E-state index contributed by atoms with van der Waals surface area (Å²) in [6, 6.07) is 5.12. The average Bonchev–Trinajstić information content (AvgIpc) is 3.36. The van der Waals surface area contributed by atoms with E-state index in [1.807, 2.05) is 6.92 Å². The molecular weight excluding hydrogens is 381 g/mol. The summed E-state index contributed by atoms with van der Waals surface area (Å²) in [5, 5.41) is 3.42. The lowest BCUT2D eigenvalue weighted by Gasteiger charge is -2.33. The number of carbonyl (C=O) groups excluding carboxylic acids is 1. The number of nitrogens with zero attached hydrogens (tertiary/aromatic N) is 1. The first-order valence-electron chi connectivity index (χ1n) is 7.66. The van der Waals surface area contributed by atoms with E-state index in [1.165, 1.54) is 17.8 Å². The molecule has 3 atom stereocenters. The van der Waals surface area contributed by atoms with Crippen LogP contribution < -0.4 is 11.1 Å². The van der Waals surface area contributed by atoms with E-state index in [1.54, 1.807) is 12.1 Å². The van der Waals surface area contributed by atoms with Crippen LogP contribution >= 0.6 is 27.7 Å². The van der Waals surface area contributed by atoms with Crippen molar-refractivity contribution >= 4 is 38.8 Å². The highest BCUT2D eigenvalue weighted by Crippen LogP contribution is 2.66. The summed E-state index contributed by atoms with van der Waals surface area (Å²) in [4.78, 5) is 17.2. The molecule has 1 amide bonds. The predicted octanol–water partition coefficient (Wildman–Crippen LogP) is 2.90. The third kappa shape index (κ3) is 2.39.